The van der Waals surface area contributed by atoms with Crippen molar-refractivity contribution in [2.75, 3.05) is 23.8 Å². The van der Waals surface area contributed by atoms with Gasteiger partial charge in [-0.15, -0.1) is 0 Å². The number of esters is 1. The lowest BCUT2D eigenvalue weighted by atomic mass is 10.2. The van der Waals surface area contributed by atoms with Gasteiger partial charge in [-0.05, 0) is 55.8 Å². The van der Waals surface area contributed by atoms with Gasteiger partial charge in [0.05, 0.1) is 12.2 Å². The molecule has 0 aliphatic carbocycles. The van der Waals surface area contributed by atoms with Gasteiger partial charge in [0.25, 0.3) is 5.91 Å². The van der Waals surface area contributed by atoms with Gasteiger partial charge in [0, 0.05) is 24.2 Å². The maximum atomic E-state index is 12.7. The Hall–Kier alpha value is -3.56. The topological polar surface area (TPSA) is 93.7 Å². The molecule has 0 spiro atoms. The molecule has 0 bridgehead atoms. The Bertz CT molecular complexity index is 930. The van der Waals surface area contributed by atoms with Crippen molar-refractivity contribution >= 4 is 29.2 Å². The Balaban J connectivity index is 1.66. The van der Waals surface area contributed by atoms with E-state index in [1.54, 1.807) is 24.3 Å². The van der Waals surface area contributed by atoms with Crippen LogP contribution >= 0.6 is 0 Å². The molecular weight excluding hydrogens is 429 g/mol. The highest BCUT2D eigenvalue weighted by atomic mass is 19.4. The normalized spacial score (nSPS) is 10.9. The summed E-state index contributed by atoms with van der Waals surface area (Å²) in [6.45, 7) is 1.89. The maximum Gasteiger partial charge on any atom is 0.416 e. The van der Waals surface area contributed by atoms with Crippen molar-refractivity contribution in [2.45, 2.75) is 32.4 Å². The van der Waals surface area contributed by atoms with E-state index < -0.39 is 36.1 Å². The molecule has 2 aromatic rings. The standard InChI is InChI=1S/C22H23F3N2O5/c1-2-31-18-11-9-16(10-12-18)26-20(29)14-32-21(30)8-4-7-19(28)27-17-6-3-5-15(13-17)22(23,24)25/h3,5-6,9-13H,2,4,7-8,14H2,1H3,(H,26,29)(H,27,28). The summed E-state index contributed by atoms with van der Waals surface area (Å²) in [5.41, 5.74) is -0.346. The fourth-order valence-corrected chi connectivity index (χ4v) is 2.61. The highest BCUT2D eigenvalue weighted by Crippen LogP contribution is 2.30. The van der Waals surface area contributed by atoms with Crippen molar-refractivity contribution < 1.29 is 37.0 Å². The van der Waals surface area contributed by atoms with Crippen molar-refractivity contribution in [1.29, 1.82) is 0 Å². The number of carbonyl (C=O) groups is 3. The number of hydrogen-bond donors (Lipinski definition) is 2. The van der Waals surface area contributed by atoms with Gasteiger partial charge in [-0.2, -0.15) is 13.2 Å². The van der Waals surface area contributed by atoms with E-state index in [1.165, 1.54) is 12.1 Å². The van der Waals surface area contributed by atoms with E-state index in [0.29, 0.717) is 18.0 Å². The molecule has 0 atom stereocenters. The van der Waals surface area contributed by atoms with Crippen molar-refractivity contribution in [3.8, 4) is 5.75 Å². The number of amides is 2. The zero-order chi connectivity index (χ0) is 23.6. The number of nitrogens with one attached hydrogen (secondary N) is 2. The summed E-state index contributed by atoms with van der Waals surface area (Å²) in [5.74, 6) is -1.07. The average molecular weight is 452 g/mol. The molecule has 172 valence electrons. The van der Waals surface area contributed by atoms with Crippen molar-refractivity contribution in [3.05, 3.63) is 54.1 Å². The van der Waals surface area contributed by atoms with Crippen LogP contribution < -0.4 is 15.4 Å². The third-order valence-corrected chi connectivity index (χ3v) is 4.07. The number of benzene rings is 2. The lowest BCUT2D eigenvalue weighted by molar-refractivity contribution is -0.147. The molecule has 0 aromatic heterocycles. The molecular formula is C22H23F3N2O5. The molecule has 0 saturated heterocycles. The molecule has 0 aliphatic heterocycles. The number of ether oxygens (including phenoxy) is 2. The first-order valence-corrected chi connectivity index (χ1v) is 9.83. The Morgan fingerprint density at radius 1 is 0.906 bits per heavy atom. The molecule has 10 heteroatoms. The number of carbonyl (C=O) groups excluding carboxylic acids is 3. The van der Waals surface area contributed by atoms with E-state index in [4.69, 9.17) is 9.47 Å². The summed E-state index contributed by atoms with van der Waals surface area (Å²) >= 11 is 0. The molecule has 2 rings (SSSR count). The van der Waals surface area contributed by atoms with Crippen LogP contribution in [0.3, 0.4) is 0 Å². The molecule has 32 heavy (non-hydrogen) atoms. The van der Waals surface area contributed by atoms with E-state index in [1.807, 2.05) is 6.92 Å². The molecule has 2 N–H and O–H groups in total. The highest BCUT2D eigenvalue weighted by molar-refractivity contribution is 5.93. The third-order valence-electron chi connectivity index (χ3n) is 4.07. The largest absolute Gasteiger partial charge is 0.494 e. The average Bonchev–Trinajstić information content (AvgIpc) is 2.73. The molecule has 7 nitrogen and oxygen atoms in total. The quantitative estimate of drug-likeness (QED) is 0.522. The number of alkyl halides is 3. The lowest BCUT2D eigenvalue weighted by Gasteiger charge is -2.10. The van der Waals surface area contributed by atoms with Crippen LogP contribution in [-0.2, 0) is 25.3 Å². The number of hydrogen-bond acceptors (Lipinski definition) is 5. The highest BCUT2D eigenvalue weighted by Gasteiger charge is 2.30. The van der Waals surface area contributed by atoms with Crippen LogP contribution in [-0.4, -0.2) is 31.0 Å². The summed E-state index contributed by atoms with van der Waals surface area (Å²) in [4.78, 5) is 35.5. The first-order chi connectivity index (χ1) is 15.2. The summed E-state index contributed by atoms with van der Waals surface area (Å²) in [6, 6.07) is 10.9. The zero-order valence-corrected chi connectivity index (χ0v) is 17.3. The zero-order valence-electron chi connectivity index (χ0n) is 17.3. The first kappa shape index (κ1) is 24.7. The summed E-state index contributed by atoms with van der Waals surface area (Å²) in [7, 11) is 0. The minimum atomic E-state index is -4.51. The summed E-state index contributed by atoms with van der Waals surface area (Å²) in [6.07, 6.45) is -4.61. The van der Waals surface area contributed by atoms with Gasteiger partial charge < -0.3 is 20.1 Å². The second-order valence-corrected chi connectivity index (χ2v) is 6.65. The maximum absolute atomic E-state index is 12.7. The molecule has 0 heterocycles. The van der Waals surface area contributed by atoms with Crippen LogP contribution in [0, 0.1) is 0 Å². The Morgan fingerprint density at radius 2 is 1.59 bits per heavy atom. The van der Waals surface area contributed by atoms with Gasteiger partial charge >= 0.3 is 12.1 Å². The number of rotatable bonds is 10. The van der Waals surface area contributed by atoms with Crippen molar-refractivity contribution in [1.82, 2.24) is 0 Å². The lowest BCUT2D eigenvalue weighted by Crippen LogP contribution is -2.21. The fourth-order valence-electron chi connectivity index (χ4n) is 2.61. The van der Waals surface area contributed by atoms with Crippen molar-refractivity contribution in [3.63, 3.8) is 0 Å². The summed E-state index contributed by atoms with van der Waals surface area (Å²) < 4.78 is 48.2. The van der Waals surface area contributed by atoms with Gasteiger partial charge in [-0.25, -0.2) is 0 Å². The molecule has 0 radical (unpaired) electrons. The second kappa shape index (κ2) is 11.7. The fraction of sp³-hybridized carbons (Fsp3) is 0.318. The van der Waals surface area contributed by atoms with Crippen LogP contribution in [0.15, 0.2) is 48.5 Å². The van der Waals surface area contributed by atoms with Crippen LogP contribution in [0.2, 0.25) is 0 Å². The molecule has 0 fully saturated rings. The Kier molecular flexibility index (Phi) is 9.06. The molecule has 0 saturated carbocycles. The molecule has 0 aliphatic rings. The Morgan fingerprint density at radius 3 is 2.25 bits per heavy atom. The smallest absolute Gasteiger partial charge is 0.416 e. The van der Waals surface area contributed by atoms with Gasteiger partial charge in [0.15, 0.2) is 6.61 Å². The number of halogens is 3. The van der Waals surface area contributed by atoms with E-state index >= 15 is 0 Å². The minimum absolute atomic E-state index is 0.0124. The second-order valence-electron chi connectivity index (χ2n) is 6.65. The van der Waals surface area contributed by atoms with Crippen LogP contribution in [0.1, 0.15) is 31.7 Å². The van der Waals surface area contributed by atoms with E-state index in [9.17, 15) is 27.6 Å². The third kappa shape index (κ3) is 8.66. The van der Waals surface area contributed by atoms with Crippen LogP contribution in [0.5, 0.6) is 5.75 Å². The van der Waals surface area contributed by atoms with Crippen LogP contribution in [0.25, 0.3) is 0 Å². The van der Waals surface area contributed by atoms with Gasteiger partial charge in [0.2, 0.25) is 5.91 Å². The van der Waals surface area contributed by atoms with Gasteiger partial charge in [-0.3, -0.25) is 14.4 Å². The van der Waals surface area contributed by atoms with Crippen LogP contribution in [0.4, 0.5) is 24.5 Å². The summed E-state index contributed by atoms with van der Waals surface area (Å²) in [5, 5.41) is 4.92. The molecule has 2 aromatic carbocycles. The molecule has 0 unspecified atom stereocenters. The van der Waals surface area contributed by atoms with E-state index in [-0.39, 0.29) is 24.9 Å². The van der Waals surface area contributed by atoms with Gasteiger partial charge in [-0.1, -0.05) is 6.07 Å². The van der Waals surface area contributed by atoms with Gasteiger partial charge in [0.1, 0.15) is 5.75 Å². The van der Waals surface area contributed by atoms with E-state index in [2.05, 4.69) is 10.6 Å². The minimum Gasteiger partial charge on any atom is -0.494 e. The SMILES string of the molecule is CCOc1ccc(NC(=O)COC(=O)CCCC(=O)Nc2cccc(C(F)(F)F)c2)cc1. The predicted octanol–water partition coefficient (Wildman–Crippen LogP) is 4.39. The van der Waals surface area contributed by atoms with E-state index in [0.717, 1.165) is 12.1 Å². The van der Waals surface area contributed by atoms with Crippen molar-refractivity contribution in [2.24, 2.45) is 0 Å². The first-order valence-electron chi connectivity index (χ1n) is 9.83. The predicted molar refractivity (Wildman–Crippen MR) is 111 cm³/mol. The Labute approximate surface area is 182 Å². The monoisotopic (exact) mass is 452 g/mol. The number of anilines is 2. The molecule has 2 amide bonds.